The Morgan fingerprint density at radius 1 is 1.39 bits per heavy atom. The van der Waals surface area contributed by atoms with Gasteiger partial charge in [0.25, 0.3) is 0 Å². The first-order valence-corrected chi connectivity index (χ1v) is 8.02. The summed E-state index contributed by atoms with van der Waals surface area (Å²) in [5, 5.41) is 3.06. The van der Waals surface area contributed by atoms with Crippen LogP contribution in [0.25, 0.3) is 10.2 Å². The topological polar surface area (TPSA) is 82.6 Å². The highest BCUT2D eigenvalue weighted by molar-refractivity contribution is 7.18. The molecule has 1 fully saturated rings. The van der Waals surface area contributed by atoms with Crippen molar-refractivity contribution < 1.29 is 14.4 Å². The van der Waals surface area contributed by atoms with Crippen molar-refractivity contribution in [3.05, 3.63) is 29.3 Å². The number of hydrogen-bond donors (Lipinski definition) is 1. The first kappa shape index (κ1) is 15.4. The first-order valence-electron chi connectivity index (χ1n) is 7.20. The van der Waals surface area contributed by atoms with E-state index in [1.54, 1.807) is 23.3 Å². The molecule has 0 bridgehead atoms. The van der Waals surface area contributed by atoms with Gasteiger partial charge in [0, 0.05) is 20.0 Å². The van der Waals surface area contributed by atoms with Gasteiger partial charge >= 0.3 is 6.03 Å². The Bertz CT molecular complexity index is 740. The Kier molecular flexibility index (Phi) is 4.24. The van der Waals surface area contributed by atoms with Gasteiger partial charge < -0.3 is 9.80 Å². The average Bonchev–Trinajstić information content (AvgIpc) is 2.92. The van der Waals surface area contributed by atoms with Crippen molar-refractivity contribution in [1.29, 1.82) is 0 Å². The second-order valence-electron chi connectivity index (χ2n) is 5.35. The number of para-hydroxylation sites is 1. The van der Waals surface area contributed by atoms with Crippen LogP contribution in [0.5, 0.6) is 0 Å². The van der Waals surface area contributed by atoms with Crippen molar-refractivity contribution in [2.75, 3.05) is 20.1 Å². The van der Waals surface area contributed by atoms with E-state index in [9.17, 15) is 14.4 Å². The third-order valence-corrected chi connectivity index (χ3v) is 4.63. The van der Waals surface area contributed by atoms with E-state index >= 15 is 0 Å². The van der Waals surface area contributed by atoms with E-state index in [1.165, 1.54) is 4.90 Å². The maximum atomic E-state index is 12.3. The van der Waals surface area contributed by atoms with Gasteiger partial charge in [-0.2, -0.15) is 0 Å². The van der Waals surface area contributed by atoms with Crippen LogP contribution in [0.3, 0.4) is 0 Å². The lowest BCUT2D eigenvalue weighted by Gasteiger charge is -2.27. The highest BCUT2D eigenvalue weighted by Crippen LogP contribution is 2.22. The molecule has 2 heterocycles. The molecule has 120 valence electrons. The Hall–Kier alpha value is -2.48. The summed E-state index contributed by atoms with van der Waals surface area (Å²) in [6.45, 7) is 0.623. The number of carbonyl (C=O) groups excluding carboxylic acids is 3. The number of amides is 4. The fourth-order valence-corrected chi connectivity index (χ4v) is 3.33. The first-order chi connectivity index (χ1) is 11.0. The van der Waals surface area contributed by atoms with Crippen LogP contribution in [0, 0.1) is 0 Å². The molecule has 1 aliphatic rings. The van der Waals surface area contributed by atoms with Gasteiger partial charge in [-0.25, -0.2) is 9.78 Å². The zero-order valence-electron chi connectivity index (χ0n) is 12.6. The number of nitrogens with one attached hydrogen (secondary N) is 1. The van der Waals surface area contributed by atoms with Gasteiger partial charge in [-0.3, -0.25) is 14.9 Å². The van der Waals surface area contributed by atoms with Crippen LogP contribution in [0.2, 0.25) is 0 Å². The van der Waals surface area contributed by atoms with Crippen LogP contribution in [0.4, 0.5) is 4.79 Å². The molecule has 1 aromatic carbocycles. The number of thiazole rings is 1. The number of carbonyl (C=O) groups is 3. The third-order valence-electron chi connectivity index (χ3n) is 3.60. The second kappa shape index (κ2) is 6.33. The molecule has 0 saturated carbocycles. The van der Waals surface area contributed by atoms with Gasteiger partial charge in [-0.15, -0.1) is 11.3 Å². The SMILES string of the molecule is CN(Cc1nc2ccccc2s1)C(=O)CN1CCC(=O)NC1=O. The second-order valence-corrected chi connectivity index (χ2v) is 6.47. The molecule has 0 radical (unpaired) electrons. The van der Waals surface area contributed by atoms with E-state index in [1.807, 2.05) is 24.3 Å². The number of hydrogen-bond acceptors (Lipinski definition) is 5. The minimum Gasteiger partial charge on any atom is -0.337 e. The normalized spacial score (nSPS) is 14.9. The van der Waals surface area contributed by atoms with Gasteiger partial charge in [-0.05, 0) is 12.1 Å². The smallest absolute Gasteiger partial charge is 0.324 e. The lowest BCUT2D eigenvalue weighted by atomic mass is 10.3. The number of aromatic nitrogens is 1. The van der Waals surface area contributed by atoms with Crippen LogP contribution < -0.4 is 5.32 Å². The molecule has 0 aliphatic carbocycles. The summed E-state index contributed by atoms with van der Waals surface area (Å²) in [4.78, 5) is 42.4. The summed E-state index contributed by atoms with van der Waals surface area (Å²) in [6.07, 6.45) is 0.223. The molecule has 7 nitrogen and oxygen atoms in total. The minimum absolute atomic E-state index is 0.0412. The van der Waals surface area contributed by atoms with Crippen molar-refractivity contribution in [3.63, 3.8) is 0 Å². The van der Waals surface area contributed by atoms with E-state index in [0.29, 0.717) is 6.54 Å². The zero-order chi connectivity index (χ0) is 16.4. The summed E-state index contributed by atoms with van der Waals surface area (Å²) in [7, 11) is 1.68. The number of benzene rings is 1. The lowest BCUT2D eigenvalue weighted by molar-refractivity contribution is -0.132. The summed E-state index contributed by atoms with van der Waals surface area (Å²) in [5.74, 6) is -0.490. The molecular formula is C15H16N4O3S. The lowest BCUT2D eigenvalue weighted by Crippen LogP contribution is -2.52. The zero-order valence-corrected chi connectivity index (χ0v) is 13.4. The van der Waals surface area contributed by atoms with Crippen molar-refractivity contribution in [2.45, 2.75) is 13.0 Å². The Morgan fingerprint density at radius 3 is 2.91 bits per heavy atom. The molecule has 2 aromatic rings. The highest BCUT2D eigenvalue weighted by atomic mass is 32.1. The number of fused-ring (bicyclic) bond motifs is 1. The summed E-state index contributed by atoms with van der Waals surface area (Å²) in [5.41, 5.74) is 0.919. The number of imide groups is 1. The van der Waals surface area contributed by atoms with E-state index in [2.05, 4.69) is 10.3 Å². The number of rotatable bonds is 4. The minimum atomic E-state index is -0.511. The standard InChI is InChI=1S/C15H16N4O3S/c1-18(8-13-16-10-4-2-3-5-11(10)23-13)14(21)9-19-7-6-12(20)17-15(19)22/h2-5H,6-9H2,1H3,(H,17,20,22). The van der Waals surface area contributed by atoms with Crippen molar-refractivity contribution in [2.24, 2.45) is 0 Å². The molecule has 8 heteroatoms. The molecule has 1 N–H and O–H groups in total. The number of nitrogens with zero attached hydrogens (tertiary/aromatic N) is 3. The third kappa shape index (κ3) is 3.48. The monoisotopic (exact) mass is 332 g/mol. The van der Waals surface area contributed by atoms with Crippen LogP contribution in [-0.2, 0) is 16.1 Å². The van der Waals surface area contributed by atoms with Crippen molar-refractivity contribution in [1.82, 2.24) is 20.1 Å². The Labute approximate surface area is 136 Å². The average molecular weight is 332 g/mol. The van der Waals surface area contributed by atoms with Crippen LogP contribution in [0.1, 0.15) is 11.4 Å². The quantitative estimate of drug-likeness (QED) is 0.912. The molecule has 1 saturated heterocycles. The fraction of sp³-hybridized carbons (Fsp3) is 0.333. The van der Waals surface area contributed by atoms with Crippen LogP contribution in [0.15, 0.2) is 24.3 Å². The fourth-order valence-electron chi connectivity index (χ4n) is 2.31. The number of likely N-dealkylation sites (N-methyl/N-ethyl adjacent to an activating group) is 1. The molecule has 1 aliphatic heterocycles. The Balaban J connectivity index is 1.61. The molecule has 1 aromatic heterocycles. The molecular weight excluding hydrogens is 316 g/mol. The van der Waals surface area contributed by atoms with Gasteiger partial charge in [-0.1, -0.05) is 12.1 Å². The summed E-state index contributed by atoms with van der Waals surface area (Å²) >= 11 is 1.55. The largest absolute Gasteiger partial charge is 0.337 e. The van der Waals surface area contributed by atoms with E-state index in [4.69, 9.17) is 0 Å². The van der Waals surface area contributed by atoms with Gasteiger partial charge in [0.2, 0.25) is 11.8 Å². The van der Waals surface area contributed by atoms with Gasteiger partial charge in [0.15, 0.2) is 0 Å². The molecule has 0 unspecified atom stereocenters. The van der Waals surface area contributed by atoms with E-state index < -0.39 is 6.03 Å². The molecule has 0 atom stereocenters. The van der Waals surface area contributed by atoms with Gasteiger partial charge in [0.1, 0.15) is 11.6 Å². The summed E-state index contributed by atoms with van der Waals surface area (Å²) in [6, 6.07) is 7.30. The summed E-state index contributed by atoms with van der Waals surface area (Å²) < 4.78 is 1.08. The molecule has 0 spiro atoms. The van der Waals surface area contributed by atoms with Crippen LogP contribution in [-0.4, -0.2) is 52.8 Å². The van der Waals surface area contributed by atoms with E-state index in [-0.39, 0.29) is 31.3 Å². The maximum Gasteiger partial charge on any atom is 0.324 e. The number of urea groups is 1. The molecule has 3 rings (SSSR count). The highest BCUT2D eigenvalue weighted by Gasteiger charge is 2.25. The Morgan fingerprint density at radius 2 is 2.17 bits per heavy atom. The van der Waals surface area contributed by atoms with Crippen molar-refractivity contribution >= 4 is 39.4 Å². The van der Waals surface area contributed by atoms with Crippen molar-refractivity contribution in [3.8, 4) is 0 Å². The maximum absolute atomic E-state index is 12.3. The predicted octanol–water partition coefficient (Wildman–Crippen LogP) is 1.20. The molecule has 4 amide bonds. The molecule has 23 heavy (non-hydrogen) atoms. The predicted molar refractivity (Wildman–Crippen MR) is 85.8 cm³/mol. The van der Waals surface area contributed by atoms with E-state index in [0.717, 1.165) is 15.2 Å². The van der Waals surface area contributed by atoms with Crippen LogP contribution >= 0.6 is 11.3 Å². The van der Waals surface area contributed by atoms with Gasteiger partial charge in [0.05, 0.1) is 16.8 Å².